The SMILES string of the molecule is c1ccc(C2(c3ccccc3)c3ccccc3-c3c(Nc4ccccc4-c4cccc5c4oc4c6ccccc6ccc54)cccc32)cc1. The van der Waals surface area contributed by atoms with Gasteiger partial charge in [0.1, 0.15) is 11.2 Å². The van der Waals surface area contributed by atoms with Crippen molar-refractivity contribution in [1.29, 1.82) is 0 Å². The van der Waals surface area contributed by atoms with Gasteiger partial charge in [0.25, 0.3) is 0 Å². The van der Waals surface area contributed by atoms with E-state index in [-0.39, 0.29) is 0 Å². The highest BCUT2D eigenvalue weighted by Crippen LogP contribution is 2.58. The fourth-order valence-electron chi connectivity index (χ4n) is 8.31. The molecule has 1 N–H and O–H groups in total. The molecule has 0 aliphatic heterocycles. The molecule has 0 radical (unpaired) electrons. The molecule has 9 aromatic rings. The summed E-state index contributed by atoms with van der Waals surface area (Å²) in [6.45, 7) is 0. The minimum Gasteiger partial charge on any atom is -0.455 e. The Morgan fingerprint density at radius 3 is 1.76 bits per heavy atom. The third kappa shape index (κ3) is 4.01. The summed E-state index contributed by atoms with van der Waals surface area (Å²) in [5.74, 6) is 0. The molecule has 1 aromatic heterocycles. The van der Waals surface area contributed by atoms with E-state index in [1.165, 1.54) is 38.8 Å². The summed E-state index contributed by atoms with van der Waals surface area (Å²) in [5.41, 5.74) is 13.2. The molecule has 8 aromatic carbocycles. The fraction of sp³-hybridized carbons (Fsp3) is 0.0213. The van der Waals surface area contributed by atoms with E-state index in [1.54, 1.807) is 0 Å². The van der Waals surface area contributed by atoms with Gasteiger partial charge in [-0.1, -0.05) is 164 Å². The van der Waals surface area contributed by atoms with Crippen molar-refractivity contribution in [1.82, 2.24) is 0 Å². The third-order valence-corrected chi connectivity index (χ3v) is 10.4. The van der Waals surface area contributed by atoms with Crippen LogP contribution in [-0.4, -0.2) is 0 Å². The molecule has 0 saturated carbocycles. The Kier molecular flexibility index (Phi) is 6.13. The summed E-state index contributed by atoms with van der Waals surface area (Å²) >= 11 is 0. The lowest BCUT2D eigenvalue weighted by Gasteiger charge is -2.34. The molecule has 10 rings (SSSR count). The number of hydrogen-bond acceptors (Lipinski definition) is 2. The van der Waals surface area contributed by atoms with Crippen LogP contribution < -0.4 is 5.32 Å². The lowest BCUT2D eigenvalue weighted by Crippen LogP contribution is -2.28. The van der Waals surface area contributed by atoms with Crippen LogP contribution >= 0.6 is 0 Å². The van der Waals surface area contributed by atoms with Gasteiger partial charge in [0, 0.05) is 44.2 Å². The van der Waals surface area contributed by atoms with E-state index in [1.807, 2.05) is 0 Å². The number of benzene rings is 8. The van der Waals surface area contributed by atoms with E-state index in [0.29, 0.717) is 0 Å². The van der Waals surface area contributed by atoms with Gasteiger partial charge in [-0.05, 0) is 51.4 Å². The number of nitrogens with one attached hydrogen (secondary N) is 1. The van der Waals surface area contributed by atoms with Crippen molar-refractivity contribution in [3.05, 3.63) is 204 Å². The van der Waals surface area contributed by atoms with Gasteiger partial charge in [-0.2, -0.15) is 0 Å². The zero-order chi connectivity index (χ0) is 32.4. The molecule has 2 nitrogen and oxygen atoms in total. The van der Waals surface area contributed by atoms with Crippen LogP contribution in [0.2, 0.25) is 0 Å². The highest BCUT2D eigenvalue weighted by atomic mass is 16.3. The Labute approximate surface area is 284 Å². The Balaban J connectivity index is 1.18. The van der Waals surface area contributed by atoms with Crippen molar-refractivity contribution in [3.8, 4) is 22.3 Å². The molecule has 0 fully saturated rings. The van der Waals surface area contributed by atoms with Crippen molar-refractivity contribution < 1.29 is 4.42 Å². The quantitative estimate of drug-likeness (QED) is 0.206. The Morgan fingerprint density at radius 1 is 0.367 bits per heavy atom. The average molecular weight is 626 g/mol. The predicted molar refractivity (Wildman–Crippen MR) is 204 cm³/mol. The average Bonchev–Trinajstić information content (AvgIpc) is 3.71. The number of furan rings is 1. The minimum atomic E-state index is -0.450. The molecule has 1 aliphatic carbocycles. The topological polar surface area (TPSA) is 25.2 Å². The van der Waals surface area contributed by atoms with Crippen LogP contribution in [0.15, 0.2) is 186 Å². The van der Waals surface area contributed by atoms with E-state index >= 15 is 0 Å². The van der Waals surface area contributed by atoms with Gasteiger partial charge in [-0.25, -0.2) is 0 Å². The van der Waals surface area contributed by atoms with E-state index < -0.39 is 5.41 Å². The highest BCUT2D eigenvalue weighted by Gasteiger charge is 2.46. The van der Waals surface area contributed by atoms with Gasteiger partial charge < -0.3 is 9.73 Å². The van der Waals surface area contributed by atoms with Crippen molar-refractivity contribution in [2.45, 2.75) is 5.41 Å². The molecule has 0 spiro atoms. The molecule has 0 saturated heterocycles. The smallest absolute Gasteiger partial charge is 0.143 e. The molecule has 230 valence electrons. The summed E-state index contributed by atoms with van der Waals surface area (Å²) in [7, 11) is 0. The molecular formula is C47H31NO. The van der Waals surface area contributed by atoms with Crippen molar-refractivity contribution in [3.63, 3.8) is 0 Å². The van der Waals surface area contributed by atoms with E-state index in [0.717, 1.165) is 49.8 Å². The molecule has 0 atom stereocenters. The summed E-state index contributed by atoms with van der Waals surface area (Å²) in [5, 5.41) is 8.51. The van der Waals surface area contributed by atoms with Crippen LogP contribution in [0.5, 0.6) is 0 Å². The molecule has 2 heteroatoms. The maximum atomic E-state index is 6.77. The van der Waals surface area contributed by atoms with Crippen molar-refractivity contribution in [2.75, 3.05) is 5.32 Å². The van der Waals surface area contributed by atoms with Crippen molar-refractivity contribution in [2.24, 2.45) is 0 Å². The zero-order valence-corrected chi connectivity index (χ0v) is 26.7. The van der Waals surface area contributed by atoms with E-state index in [2.05, 4.69) is 187 Å². The maximum Gasteiger partial charge on any atom is 0.143 e. The summed E-state index contributed by atoms with van der Waals surface area (Å²) < 4.78 is 6.77. The second-order valence-electron chi connectivity index (χ2n) is 12.9. The fourth-order valence-corrected chi connectivity index (χ4v) is 8.31. The Hall–Kier alpha value is -6.38. The van der Waals surface area contributed by atoms with E-state index in [4.69, 9.17) is 4.42 Å². The molecule has 0 unspecified atom stereocenters. The van der Waals surface area contributed by atoms with Crippen LogP contribution in [-0.2, 0) is 5.41 Å². The highest BCUT2D eigenvalue weighted by molar-refractivity contribution is 6.17. The number of para-hydroxylation sites is 2. The molecule has 1 aliphatic rings. The Morgan fingerprint density at radius 2 is 0.939 bits per heavy atom. The van der Waals surface area contributed by atoms with Gasteiger partial charge in [0.05, 0.1) is 5.41 Å². The van der Waals surface area contributed by atoms with Crippen LogP contribution in [0, 0.1) is 0 Å². The van der Waals surface area contributed by atoms with Gasteiger partial charge in [0.2, 0.25) is 0 Å². The molecular weight excluding hydrogens is 595 g/mol. The first kappa shape index (κ1) is 27.7. The second kappa shape index (κ2) is 10.8. The normalized spacial score (nSPS) is 13.1. The molecule has 0 amide bonds. The van der Waals surface area contributed by atoms with Crippen LogP contribution in [0.4, 0.5) is 11.4 Å². The van der Waals surface area contributed by atoms with E-state index in [9.17, 15) is 0 Å². The number of rotatable bonds is 5. The van der Waals surface area contributed by atoms with Gasteiger partial charge >= 0.3 is 0 Å². The largest absolute Gasteiger partial charge is 0.455 e. The monoisotopic (exact) mass is 625 g/mol. The van der Waals surface area contributed by atoms with Crippen LogP contribution in [0.25, 0.3) is 55.0 Å². The molecule has 1 heterocycles. The number of hydrogen-bond donors (Lipinski definition) is 1. The first-order valence-electron chi connectivity index (χ1n) is 16.9. The first-order chi connectivity index (χ1) is 24.3. The second-order valence-corrected chi connectivity index (χ2v) is 12.9. The lowest BCUT2D eigenvalue weighted by molar-refractivity contribution is 0.674. The zero-order valence-electron chi connectivity index (χ0n) is 26.7. The maximum absolute atomic E-state index is 6.77. The lowest BCUT2D eigenvalue weighted by atomic mass is 9.68. The first-order valence-corrected chi connectivity index (χ1v) is 16.9. The third-order valence-electron chi connectivity index (χ3n) is 10.4. The predicted octanol–water partition coefficient (Wildman–Crippen LogP) is 12.5. The molecule has 0 bridgehead atoms. The summed E-state index contributed by atoms with van der Waals surface area (Å²) in [4.78, 5) is 0. The van der Waals surface area contributed by atoms with Gasteiger partial charge in [0.15, 0.2) is 0 Å². The summed E-state index contributed by atoms with van der Waals surface area (Å²) in [6, 6.07) is 65.4. The number of fused-ring (bicyclic) bond motifs is 8. The van der Waals surface area contributed by atoms with Gasteiger partial charge in [-0.3, -0.25) is 0 Å². The van der Waals surface area contributed by atoms with Crippen LogP contribution in [0.1, 0.15) is 22.3 Å². The minimum absolute atomic E-state index is 0.450. The Bertz CT molecular complexity index is 2650. The standard InChI is InChI=1S/C47H31NO/c1-3-16-32(17-4-1)47(33-18-5-2-6-19-33)40-25-11-9-22-39(40)44-41(47)26-14-28-43(44)48-42-27-12-10-21-35(42)36-23-13-24-37-38-30-29-31-15-7-8-20-34(31)45(38)49-46(36)37/h1-30,48H. The van der Waals surface area contributed by atoms with Crippen LogP contribution in [0.3, 0.4) is 0 Å². The van der Waals surface area contributed by atoms with Gasteiger partial charge in [-0.15, -0.1) is 0 Å². The summed E-state index contributed by atoms with van der Waals surface area (Å²) in [6.07, 6.45) is 0. The van der Waals surface area contributed by atoms with Crippen molar-refractivity contribution >= 4 is 44.1 Å². The number of anilines is 2. The molecule has 49 heavy (non-hydrogen) atoms.